The molecule has 1 aromatic heterocycles. The molecular formula is C31H32F3N3O3S. The van der Waals surface area contributed by atoms with Gasteiger partial charge in [-0.2, -0.15) is 0 Å². The number of nitrogens with one attached hydrogen (secondary N) is 2. The average molecular weight is 584 g/mol. The van der Waals surface area contributed by atoms with E-state index in [1.165, 1.54) is 36.5 Å². The summed E-state index contributed by atoms with van der Waals surface area (Å²) in [6, 6.07) is 16.7. The average Bonchev–Trinajstić information content (AvgIpc) is 2.98. The van der Waals surface area contributed by atoms with Gasteiger partial charge in [-0.25, -0.2) is 18.0 Å². The third kappa shape index (κ3) is 9.47. The monoisotopic (exact) mass is 583 g/mol. The minimum absolute atomic E-state index is 0.0167. The maximum Gasteiger partial charge on any atom is 0.325 e. The Morgan fingerprint density at radius 1 is 0.976 bits per heavy atom. The van der Waals surface area contributed by atoms with E-state index in [9.17, 15) is 22.8 Å². The van der Waals surface area contributed by atoms with Crippen LogP contribution in [0.4, 0.5) is 18.0 Å². The van der Waals surface area contributed by atoms with E-state index < -0.39 is 29.5 Å². The Morgan fingerprint density at radius 2 is 1.66 bits per heavy atom. The van der Waals surface area contributed by atoms with Crippen molar-refractivity contribution in [1.29, 1.82) is 0 Å². The van der Waals surface area contributed by atoms with E-state index in [-0.39, 0.29) is 12.0 Å². The van der Waals surface area contributed by atoms with Crippen LogP contribution in [0.3, 0.4) is 0 Å². The number of urea groups is 1. The maximum absolute atomic E-state index is 13.9. The molecule has 41 heavy (non-hydrogen) atoms. The third-order valence-corrected chi connectivity index (χ3v) is 6.58. The van der Waals surface area contributed by atoms with Crippen LogP contribution in [0.25, 0.3) is 11.1 Å². The van der Waals surface area contributed by atoms with E-state index >= 15 is 0 Å². The van der Waals surface area contributed by atoms with Gasteiger partial charge in [0.25, 0.3) is 0 Å². The van der Waals surface area contributed by atoms with Gasteiger partial charge in [-0.15, -0.1) is 0 Å². The van der Waals surface area contributed by atoms with Gasteiger partial charge in [0.05, 0.1) is 17.3 Å². The van der Waals surface area contributed by atoms with Crippen LogP contribution in [0, 0.1) is 24.4 Å². The Morgan fingerprint density at radius 3 is 2.32 bits per heavy atom. The molecule has 4 aromatic rings. The van der Waals surface area contributed by atoms with Crippen LogP contribution in [0.1, 0.15) is 47.1 Å². The first-order chi connectivity index (χ1) is 19.8. The lowest BCUT2D eigenvalue weighted by Crippen LogP contribution is -2.36. The topological polar surface area (TPSA) is 91.3 Å². The number of aliphatic hydroxyl groups is 1. The molecule has 1 unspecified atom stereocenters. The van der Waals surface area contributed by atoms with E-state index in [1.807, 2.05) is 45.0 Å². The zero-order chi connectivity index (χ0) is 30.4. The van der Waals surface area contributed by atoms with Gasteiger partial charge in [0.2, 0.25) is 0 Å². The van der Waals surface area contributed by atoms with Gasteiger partial charge in [-0.1, -0.05) is 44.2 Å². The first-order valence-corrected chi connectivity index (χ1v) is 13.5. The van der Waals surface area contributed by atoms with Crippen molar-refractivity contribution in [3.63, 3.8) is 0 Å². The van der Waals surface area contributed by atoms with Crippen molar-refractivity contribution in [2.45, 2.75) is 38.1 Å². The number of aliphatic hydroxyl groups excluding tert-OH is 1. The number of nitrogens with zero attached hydrogens (tertiary/aromatic N) is 1. The van der Waals surface area contributed by atoms with Gasteiger partial charge in [-0.05, 0) is 78.4 Å². The number of hydrogen-bond acceptors (Lipinski definition) is 5. The lowest BCUT2D eigenvalue weighted by atomic mass is 9.94. The van der Waals surface area contributed by atoms with Gasteiger partial charge in [0, 0.05) is 29.8 Å². The summed E-state index contributed by atoms with van der Waals surface area (Å²) in [5, 5.41) is 9.84. The summed E-state index contributed by atoms with van der Waals surface area (Å²) < 4.78 is 44.5. The van der Waals surface area contributed by atoms with Crippen LogP contribution in [0.15, 0.2) is 83.9 Å². The number of halogens is 3. The van der Waals surface area contributed by atoms with Crippen LogP contribution in [-0.4, -0.2) is 29.5 Å². The molecule has 1 atom stereocenters. The predicted molar refractivity (Wildman–Crippen MR) is 156 cm³/mol. The summed E-state index contributed by atoms with van der Waals surface area (Å²) in [7, 11) is 1.00. The Bertz CT molecular complexity index is 1430. The number of aromatic nitrogens is 1. The van der Waals surface area contributed by atoms with Crippen molar-refractivity contribution < 1.29 is 27.9 Å². The minimum Gasteiger partial charge on any atom is -0.400 e. The fourth-order valence-corrected chi connectivity index (χ4v) is 4.52. The van der Waals surface area contributed by atoms with Crippen LogP contribution >= 0.6 is 11.9 Å². The molecule has 216 valence electrons. The molecule has 0 bridgehead atoms. The molecule has 4 rings (SSSR count). The zero-order valence-corrected chi connectivity index (χ0v) is 23.9. The summed E-state index contributed by atoms with van der Waals surface area (Å²) in [4.78, 5) is 29.5. The second-order valence-corrected chi connectivity index (χ2v) is 9.12. The first-order valence-electron chi connectivity index (χ1n) is 12.7. The maximum atomic E-state index is 13.9. The number of rotatable bonds is 8. The SMILES string of the molecule is CC.CO.Cc1ccccc1SNC(=O)NC(Cc1cc(F)cc(F)c1)c1ncccc1-c1ccc(F)c(C=O)c1. The zero-order valence-electron chi connectivity index (χ0n) is 23.1. The second kappa shape index (κ2) is 16.8. The van der Waals surface area contributed by atoms with Gasteiger partial charge >= 0.3 is 6.03 Å². The smallest absolute Gasteiger partial charge is 0.325 e. The fourth-order valence-electron chi connectivity index (χ4n) is 3.88. The van der Waals surface area contributed by atoms with E-state index in [1.54, 1.807) is 12.1 Å². The molecule has 10 heteroatoms. The molecule has 0 aliphatic heterocycles. The third-order valence-electron chi connectivity index (χ3n) is 5.62. The Kier molecular flexibility index (Phi) is 13.6. The van der Waals surface area contributed by atoms with Crippen molar-refractivity contribution in [3.8, 4) is 11.1 Å². The van der Waals surface area contributed by atoms with Crippen molar-refractivity contribution in [2.24, 2.45) is 0 Å². The second-order valence-electron chi connectivity index (χ2n) is 8.27. The molecule has 0 radical (unpaired) electrons. The molecule has 0 saturated carbocycles. The highest BCUT2D eigenvalue weighted by molar-refractivity contribution is 7.98. The quantitative estimate of drug-likeness (QED) is 0.151. The number of aldehydes is 1. The standard InChI is InChI=1S/C28H22F3N3O2S.C2H6.CH4O/c1-17-5-2-3-7-26(17)37-34-28(36)33-25(13-18-11-21(29)15-22(30)12-18)27-23(6-4-10-32-27)19-8-9-24(31)20(14-19)16-35;2*1-2/h2-12,14-16,25H,13H2,1H3,(H2,33,34,36);1-2H3;2H,1H3. The number of hydrogen-bond donors (Lipinski definition) is 3. The number of carbonyl (C=O) groups excluding carboxylic acids is 2. The number of amides is 2. The van der Waals surface area contributed by atoms with Crippen molar-refractivity contribution in [3.05, 3.63) is 119 Å². The highest BCUT2D eigenvalue weighted by atomic mass is 32.2. The summed E-state index contributed by atoms with van der Waals surface area (Å²) in [5.74, 6) is -2.16. The molecule has 1 heterocycles. The Hall–Kier alpha value is -4.15. The summed E-state index contributed by atoms with van der Waals surface area (Å²) in [6.45, 7) is 5.92. The molecule has 0 fully saturated rings. The van der Waals surface area contributed by atoms with E-state index in [4.69, 9.17) is 5.11 Å². The summed E-state index contributed by atoms with van der Waals surface area (Å²) in [5.41, 5.74) is 2.56. The van der Waals surface area contributed by atoms with Gasteiger partial charge in [-0.3, -0.25) is 14.5 Å². The Labute approximate surface area is 242 Å². The molecular weight excluding hydrogens is 551 g/mol. The molecule has 0 aliphatic rings. The lowest BCUT2D eigenvalue weighted by Gasteiger charge is -2.22. The highest BCUT2D eigenvalue weighted by Crippen LogP contribution is 2.30. The van der Waals surface area contributed by atoms with E-state index in [2.05, 4.69) is 15.0 Å². The minimum atomic E-state index is -0.820. The largest absolute Gasteiger partial charge is 0.400 e. The molecule has 0 spiro atoms. The van der Waals surface area contributed by atoms with Gasteiger partial charge in [0.15, 0.2) is 6.29 Å². The number of carbonyl (C=O) groups is 2. The molecule has 6 nitrogen and oxygen atoms in total. The number of aryl methyl sites for hydroxylation is 1. The van der Waals surface area contributed by atoms with Crippen LogP contribution in [0.5, 0.6) is 0 Å². The molecule has 3 aromatic carbocycles. The van der Waals surface area contributed by atoms with E-state index in [0.717, 1.165) is 35.6 Å². The van der Waals surface area contributed by atoms with Crippen LogP contribution in [0.2, 0.25) is 0 Å². The molecule has 0 aliphatic carbocycles. The van der Waals surface area contributed by atoms with Crippen molar-refractivity contribution in [1.82, 2.24) is 15.0 Å². The Balaban J connectivity index is 0.00000141. The van der Waals surface area contributed by atoms with Gasteiger partial charge < -0.3 is 10.4 Å². The van der Waals surface area contributed by atoms with Crippen LogP contribution < -0.4 is 10.0 Å². The predicted octanol–water partition coefficient (Wildman–Crippen LogP) is 7.21. The lowest BCUT2D eigenvalue weighted by molar-refractivity contribution is 0.111. The number of pyridine rings is 1. The van der Waals surface area contributed by atoms with E-state index in [0.29, 0.717) is 28.7 Å². The molecule has 2 amide bonds. The van der Waals surface area contributed by atoms with Crippen molar-refractivity contribution >= 4 is 24.3 Å². The summed E-state index contributed by atoms with van der Waals surface area (Å²) in [6.07, 6.45) is 1.95. The van der Waals surface area contributed by atoms with Gasteiger partial charge in [0.1, 0.15) is 17.5 Å². The van der Waals surface area contributed by atoms with Crippen LogP contribution in [-0.2, 0) is 6.42 Å². The van der Waals surface area contributed by atoms with Crippen molar-refractivity contribution in [2.75, 3.05) is 7.11 Å². The number of benzene rings is 3. The molecule has 0 saturated heterocycles. The highest BCUT2D eigenvalue weighted by Gasteiger charge is 2.22. The fraction of sp³-hybridized carbons (Fsp3) is 0.194. The first kappa shape index (κ1) is 33.1. The summed E-state index contributed by atoms with van der Waals surface area (Å²) >= 11 is 1.13. The molecule has 3 N–H and O–H groups in total. The normalized spacial score (nSPS) is 10.7.